The molecule has 29 heavy (non-hydrogen) atoms. The van der Waals surface area contributed by atoms with Crippen LogP contribution in [0.25, 0.3) is 11.0 Å². The minimum absolute atomic E-state index is 0.236. The summed E-state index contributed by atoms with van der Waals surface area (Å²) in [5.41, 5.74) is 0.853. The van der Waals surface area contributed by atoms with Crippen LogP contribution < -0.4 is 0 Å². The SMILES string of the molecule is O=C(OCC1O[C@H](O)[C@H](O)[C@@H](O)[C@H]1O)[C@H]1C[C@@H]1C(=O)c1cc(Cl)c2occc2c1. The topological polar surface area (TPSA) is 147 Å². The number of hydrogen-bond acceptors (Lipinski definition) is 9. The second-order valence-electron chi connectivity index (χ2n) is 7.28. The molecule has 4 rings (SSSR count). The Hall–Kier alpha value is -2.01. The Kier molecular flexibility index (Phi) is 5.36. The van der Waals surface area contributed by atoms with Crippen molar-refractivity contribution in [2.24, 2.45) is 11.8 Å². The first-order chi connectivity index (χ1) is 13.8. The molecule has 0 spiro atoms. The van der Waals surface area contributed by atoms with Crippen LogP contribution in [0.5, 0.6) is 0 Å². The summed E-state index contributed by atoms with van der Waals surface area (Å²) in [6.45, 7) is -0.439. The molecule has 0 radical (unpaired) electrons. The fourth-order valence-corrected chi connectivity index (χ4v) is 3.75. The molecule has 1 aromatic carbocycles. The average molecular weight is 427 g/mol. The zero-order chi connectivity index (χ0) is 20.9. The lowest BCUT2D eigenvalue weighted by molar-refractivity contribution is -0.287. The largest absolute Gasteiger partial charge is 0.463 e. The van der Waals surface area contributed by atoms with Crippen LogP contribution in [0.3, 0.4) is 0 Å². The number of furan rings is 1. The number of esters is 1. The Labute approximate surface area is 169 Å². The van der Waals surface area contributed by atoms with E-state index in [-0.39, 0.29) is 5.78 Å². The Morgan fingerprint density at radius 3 is 2.62 bits per heavy atom. The highest BCUT2D eigenvalue weighted by Gasteiger charge is 2.50. The molecule has 1 aliphatic carbocycles. The summed E-state index contributed by atoms with van der Waals surface area (Å²) in [4.78, 5) is 24.9. The first-order valence-corrected chi connectivity index (χ1v) is 9.41. The van der Waals surface area contributed by atoms with Crippen molar-refractivity contribution < 1.29 is 43.9 Å². The number of halogens is 1. The van der Waals surface area contributed by atoms with Crippen LogP contribution in [-0.4, -0.2) is 69.5 Å². The summed E-state index contributed by atoms with van der Waals surface area (Å²) in [6.07, 6.45) is -5.98. The predicted octanol–water partition coefficient (Wildman–Crippen LogP) is 0.248. The number of benzene rings is 1. The van der Waals surface area contributed by atoms with Crippen LogP contribution >= 0.6 is 11.6 Å². The first-order valence-electron chi connectivity index (χ1n) is 9.03. The molecule has 0 bridgehead atoms. The number of aliphatic hydroxyl groups is 4. The van der Waals surface area contributed by atoms with Gasteiger partial charge in [0.05, 0.1) is 17.2 Å². The van der Waals surface area contributed by atoms with Gasteiger partial charge in [0.1, 0.15) is 31.0 Å². The summed E-state index contributed by atoms with van der Waals surface area (Å²) in [5, 5.41) is 39.4. The van der Waals surface area contributed by atoms with E-state index < -0.39 is 55.1 Å². The van der Waals surface area contributed by atoms with E-state index in [1.54, 1.807) is 12.1 Å². The molecule has 1 saturated heterocycles. The van der Waals surface area contributed by atoms with Gasteiger partial charge in [0.2, 0.25) is 0 Å². The summed E-state index contributed by atoms with van der Waals surface area (Å²) in [6, 6.07) is 4.83. The maximum atomic E-state index is 12.7. The highest BCUT2D eigenvalue weighted by Crippen LogP contribution is 2.43. The van der Waals surface area contributed by atoms with Gasteiger partial charge in [0.25, 0.3) is 0 Å². The van der Waals surface area contributed by atoms with Crippen LogP contribution in [0.15, 0.2) is 28.9 Å². The van der Waals surface area contributed by atoms with Gasteiger partial charge in [0.15, 0.2) is 17.7 Å². The van der Waals surface area contributed by atoms with Crippen molar-refractivity contribution in [2.75, 3.05) is 6.61 Å². The quantitative estimate of drug-likeness (QED) is 0.390. The normalized spacial score (nSPS) is 34.2. The number of hydrogen-bond donors (Lipinski definition) is 4. The van der Waals surface area contributed by atoms with Gasteiger partial charge < -0.3 is 34.3 Å². The van der Waals surface area contributed by atoms with E-state index in [0.717, 1.165) is 0 Å². The third kappa shape index (κ3) is 3.77. The van der Waals surface area contributed by atoms with E-state index in [1.807, 2.05) is 0 Å². The van der Waals surface area contributed by atoms with E-state index in [0.29, 0.717) is 28.0 Å². The number of Topliss-reactive ketones (excluding diaryl/α,β-unsaturated/α-hetero) is 1. The standard InChI is InChI=1S/C19H19ClO9/c20-11-4-8(3-7-1-2-27-17(7)11)13(21)9-5-10(9)18(25)28-6-12-14(22)15(23)16(24)19(26)29-12/h1-4,9-10,12,14-16,19,22-24,26H,5-6H2/t9-,10-,12?,14-,15-,16+,19-/m0/s1. The van der Waals surface area contributed by atoms with E-state index in [2.05, 4.69) is 0 Å². The third-order valence-corrected chi connectivity index (χ3v) is 5.58. The van der Waals surface area contributed by atoms with Gasteiger partial charge in [0, 0.05) is 16.9 Å². The van der Waals surface area contributed by atoms with Crippen LogP contribution in [0, 0.1) is 11.8 Å². The number of carbonyl (C=O) groups is 2. The maximum absolute atomic E-state index is 12.7. The zero-order valence-electron chi connectivity index (χ0n) is 15.0. The van der Waals surface area contributed by atoms with Crippen molar-refractivity contribution in [1.29, 1.82) is 0 Å². The highest BCUT2D eigenvalue weighted by atomic mass is 35.5. The lowest BCUT2D eigenvalue weighted by Crippen LogP contribution is -2.58. The summed E-state index contributed by atoms with van der Waals surface area (Å²) >= 11 is 6.12. The molecule has 2 fully saturated rings. The number of rotatable bonds is 5. The smallest absolute Gasteiger partial charge is 0.309 e. The second-order valence-corrected chi connectivity index (χ2v) is 7.68. The molecule has 2 heterocycles. The maximum Gasteiger partial charge on any atom is 0.309 e. The van der Waals surface area contributed by atoms with Crippen LogP contribution in [0.4, 0.5) is 0 Å². The Balaban J connectivity index is 1.35. The molecule has 0 amide bonds. The summed E-state index contributed by atoms with van der Waals surface area (Å²) in [5.74, 6) is -2.06. The molecule has 1 aliphatic heterocycles. The molecule has 156 valence electrons. The van der Waals surface area contributed by atoms with Gasteiger partial charge in [-0.15, -0.1) is 0 Å². The predicted molar refractivity (Wildman–Crippen MR) is 97.0 cm³/mol. The van der Waals surface area contributed by atoms with Crippen molar-refractivity contribution >= 4 is 34.3 Å². The van der Waals surface area contributed by atoms with Crippen molar-refractivity contribution in [3.63, 3.8) is 0 Å². The molecule has 2 aromatic rings. The molecule has 10 heteroatoms. The van der Waals surface area contributed by atoms with Gasteiger partial charge in [-0.05, 0) is 24.6 Å². The lowest BCUT2D eigenvalue weighted by atomic mass is 9.99. The van der Waals surface area contributed by atoms with Gasteiger partial charge in [-0.3, -0.25) is 9.59 Å². The molecule has 1 unspecified atom stereocenters. The minimum atomic E-state index is -1.71. The molecular weight excluding hydrogens is 408 g/mol. The van der Waals surface area contributed by atoms with Crippen molar-refractivity contribution in [3.05, 3.63) is 35.0 Å². The summed E-state index contributed by atoms with van der Waals surface area (Å²) in [7, 11) is 0. The molecule has 1 aromatic heterocycles. The second kappa shape index (κ2) is 7.67. The van der Waals surface area contributed by atoms with Crippen LogP contribution in [0.1, 0.15) is 16.8 Å². The fraction of sp³-hybridized carbons (Fsp3) is 0.474. The monoisotopic (exact) mass is 426 g/mol. The molecular formula is C19H19ClO9. The van der Waals surface area contributed by atoms with Gasteiger partial charge in [-0.25, -0.2) is 0 Å². The van der Waals surface area contributed by atoms with Crippen molar-refractivity contribution in [2.45, 2.75) is 37.1 Å². The van der Waals surface area contributed by atoms with E-state index >= 15 is 0 Å². The number of fused-ring (bicyclic) bond motifs is 1. The first kappa shape index (κ1) is 20.3. The highest BCUT2D eigenvalue weighted by molar-refractivity contribution is 6.35. The van der Waals surface area contributed by atoms with Crippen molar-refractivity contribution in [1.82, 2.24) is 0 Å². The van der Waals surface area contributed by atoms with E-state index in [4.69, 9.17) is 25.5 Å². The average Bonchev–Trinajstić information content (AvgIpc) is 3.36. The van der Waals surface area contributed by atoms with Gasteiger partial charge in [-0.2, -0.15) is 0 Å². The summed E-state index contributed by atoms with van der Waals surface area (Å²) < 4.78 is 15.3. The zero-order valence-corrected chi connectivity index (χ0v) is 15.7. The molecule has 1 saturated carbocycles. The molecule has 7 atom stereocenters. The Bertz CT molecular complexity index is 941. The lowest BCUT2D eigenvalue weighted by Gasteiger charge is -2.37. The van der Waals surface area contributed by atoms with Gasteiger partial charge >= 0.3 is 5.97 Å². The fourth-order valence-electron chi connectivity index (χ4n) is 3.48. The molecule has 4 N–H and O–H groups in total. The number of aliphatic hydroxyl groups excluding tert-OH is 4. The Morgan fingerprint density at radius 1 is 1.10 bits per heavy atom. The molecule has 2 aliphatic rings. The van der Waals surface area contributed by atoms with Gasteiger partial charge in [-0.1, -0.05) is 11.6 Å². The number of ether oxygens (including phenoxy) is 2. The number of carbonyl (C=O) groups excluding carboxylic acids is 2. The van der Waals surface area contributed by atoms with E-state index in [9.17, 15) is 30.0 Å². The molecule has 9 nitrogen and oxygen atoms in total. The van der Waals surface area contributed by atoms with Crippen LogP contribution in [-0.2, 0) is 14.3 Å². The van der Waals surface area contributed by atoms with Crippen LogP contribution in [0.2, 0.25) is 5.02 Å². The number of ketones is 1. The van der Waals surface area contributed by atoms with E-state index in [1.165, 1.54) is 12.3 Å². The van der Waals surface area contributed by atoms with Crippen molar-refractivity contribution in [3.8, 4) is 0 Å². The minimum Gasteiger partial charge on any atom is -0.463 e. The Morgan fingerprint density at radius 2 is 1.86 bits per heavy atom. The third-order valence-electron chi connectivity index (χ3n) is 5.30.